The van der Waals surface area contributed by atoms with Gasteiger partial charge in [-0.1, -0.05) is 17.3 Å². The number of hydrogen-bond donors (Lipinski definition) is 1. The number of benzene rings is 1. The van der Waals surface area contributed by atoms with Gasteiger partial charge in [0.15, 0.2) is 6.10 Å². The Morgan fingerprint density at radius 1 is 1.24 bits per heavy atom. The molecule has 0 radical (unpaired) electrons. The standard InChI is InChI=1S/C16H16F2N2O5/c1-8-13(9(2)25-20-8)15(22)23-10(3)14(21)19-11-6-4-5-7-12(11)24-16(17)18/h4-7,10,16H,1-3H3,(H,19,21). The zero-order valence-corrected chi connectivity index (χ0v) is 13.7. The first kappa shape index (κ1) is 18.4. The fraction of sp³-hybridized carbons (Fsp3) is 0.312. The number of ether oxygens (including phenoxy) is 2. The number of anilines is 1. The number of halogens is 2. The van der Waals surface area contributed by atoms with Gasteiger partial charge in [0.05, 0.1) is 11.4 Å². The number of nitrogens with zero attached hydrogens (tertiary/aromatic N) is 1. The van der Waals surface area contributed by atoms with E-state index in [1.54, 1.807) is 13.8 Å². The lowest BCUT2D eigenvalue weighted by molar-refractivity contribution is -0.123. The van der Waals surface area contributed by atoms with Gasteiger partial charge in [0.1, 0.15) is 17.1 Å². The summed E-state index contributed by atoms with van der Waals surface area (Å²) in [7, 11) is 0. The Bertz CT molecular complexity index is 756. The van der Waals surface area contributed by atoms with Crippen molar-refractivity contribution in [1.82, 2.24) is 5.16 Å². The number of aromatic nitrogens is 1. The highest BCUT2D eigenvalue weighted by Crippen LogP contribution is 2.25. The Morgan fingerprint density at radius 2 is 1.92 bits per heavy atom. The first-order valence-corrected chi connectivity index (χ1v) is 7.28. The highest BCUT2D eigenvalue weighted by molar-refractivity contribution is 5.98. The minimum atomic E-state index is -3.03. The van der Waals surface area contributed by atoms with Gasteiger partial charge in [-0.2, -0.15) is 8.78 Å². The molecule has 134 valence electrons. The van der Waals surface area contributed by atoms with Crippen LogP contribution in [0.4, 0.5) is 14.5 Å². The molecule has 1 aromatic heterocycles. The van der Waals surface area contributed by atoms with Crippen LogP contribution >= 0.6 is 0 Å². The second-order valence-electron chi connectivity index (χ2n) is 5.11. The molecule has 9 heteroatoms. The molecule has 0 saturated carbocycles. The normalized spacial score (nSPS) is 11.9. The summed E-state index contributed by atoms with van der Waals surface area (Å²) >= 11 is 0. The van der Waals surface area contributed by atoms with Crippen LogP contribution in [0.3, 0.4) is 0 Å². The van der Waals surface area contributed by atoms with Crippen LogP contribution in [-0.4, -0.2) is 29.7 Å². The van der Waals surface area contributed by atoms with E-state index in [-0.39, 0.29) is 22.8 Å². The molecule has 2 rings (SSSR count). The Kier molecular flexibility index (Phi) is 5.68. The topological polar surface area (TPSA) is 90.7 Å². The SMILES string of the molecule is Cc1noc(C)c1C(=O)OC(C)C(=O)Nc1ccccc1OC(F)F. The quantitative estimate of drug-likeness (QED) is 0.802. The summed E-state index contributed by atoms with van der Waals surface area (Å²) < 4.78 is 39.0. The number of hydrogen-bond acceptors (Lipinski definition) is 6. The Balaban J connectivity index is 2.05. The Labute approximate surface area is 141 Å². The third-order valence-corrected chi connectivity index (χ3v) is 3.25. The van der Waals surface area contributed by atoms with Gasteiger partial charge >= 0.3 is 12.6 Å². The van der Waals surface area contributed by atoms with Gasteiger partial charge in [-0.3, -0.25) is 4.79 Å². The molecule has 0 aliphatic heterocycles. The van der Waals surface area contributed by atoms with E-state index in [9.17, 15) is 18.4 Å². The number of rotatable bonds is 6. The van der Waals surface area contributed by atoms with Crippen molar-refractivity contribution in [1.29, 1.82) is 0 Å². The van der Waals surface area contributed by atoms with Crippen molar-refractivity contribution < 1.29 is 32.4 Å². The highest BCUT2D eigenvalue weighted by atomic mass is 19.3. The molecule has 7 nitrogen and oxygen atoms in total. The summed E-state index contributed by atoms with van der Waals surface area (Å²) in [4.78, 5) is 24.3. The van der Waals surface area contributed by atoms with Crippen LogP contribution in [-0.2, 0) is 9.53 Å². The number of carbonyl (C=O) groups excluding carboxylic acids is 2. The molecule has 1 amide bonds. The average molecular weight is 354 g/mol. The van der Waals surface area contributed by atoms with Gasteiger partial charge < -0.3 is 19.3 Å². The van der Waals surface area contributed by atoms with Crippen molar-refractivity contribution in [3.05, 3.63) is 41.3 Å². The lowest BCUT2D eigenvalue weighted by Crippen LogP contribution is -2.30. The van der Waals surface area contributed by atoms with Gasteiger partial charge in [-0.05, 0) is 32.9 Å². The van der Waals surface area contributed by atoms with E-state index in [1.165, 1.54) is 31.2 Å². The molecule has 0 saturated heterocycles. The fourth-order valence-electron chi connectivity index (χ4n) is 2.05. The van der Waals surface area contributed by atoms with Gasteiger partial charge in [-0.25, -0.2) is 4.79 Å². The lowest BCUT2D eigenvalue weighted by atomic mass is 10.2. The molecule has 0 bridgehead atoms. The summed E-state index contributed by atoms with van der Waals surface area (Å²) in [5.74, 6) is -1.40. The number of nitrogens with one attached hydrogen (secondary N) is 1. The summed E-state index contributed by atoms with van der Waals surface area (Å²) in [6, 6.07) is 5.68. The van der Waals surface area contributed by atoms with E-state index in [0.29, 0.717) is 5.69 Å². The predicted octanol–water partition coefficient (Wildman–Crippen LogP) is 3.08. The molecule has 0 spiro atoms. The summed E-state index contributed by atoms with van der Waals surface area (Å²) in [5, 5.41) is 6.01. The van der Waals surface area contributed by atoms with E-state index in [2.05, 4.69) is 15.2 Å². The first-order valence-electron chi connectivity index (χ1n) is 7.28. The molecule has 1 unspecified atom stereocenters. The molecule has 1 heterocycles. The molecule has 1 aromatic carbocycles. The van der Waals surface area contributed by atoms with E-state index < -0.39 is 24.6 Å². The van der Waals surface area contributed by atoms with E-state index >= 15 is 0 Å². The van der Waals surface area contributed by atoms with Crippen LogP contribution in [0.25, 0.3) is 0 Å². The van der Waals surface area contributed by atoms with Crippen LogP contribution in [0, 0.1) is 13.8 Å². The molecule has 1 atom stereocenters. The Hall–Kier alpha value is -2.97. The minimum absolute atomic E-state index is 0.0352. The van der Waals surface area contributed by atoms with Crippen LogP contribution in [0.2, 0.25) is 0 Å². The smallest absolute Gasteiger partial charge is 0.387 e. The summed E-state index contributed by atoms with van der Waals surface area (Å²) in [6.45, 7) is 1.42. The zero-order chi connectivity index (χ0) is 18.6. The number of carbonyl (C=O) groups is 2. The van der Waals surface area contributed by atoms with Crippen molar-refractivity contribution in [2.24, 2.45) is 0 Å². The van der Waals surface area contributed by atoms with E-state index in [4.69, 9.17) is 9.26 Å². The van der Waals surface area contributed by atoms with Gasteiger partial charge in [0.2, 0.25) is 0 Å². The van der Waals surface area contributed by atoms with Crippen molar-refractivity contribution in [2.45, 2.75) is 33.5 Å². The van der Waals surface area contributed by atoms with Gasteiger partial charge in [0.25, 0.3) is 5.91 Å². The average Bonchev–Trinajstić information content (AvgIpc) is 2.87. The van der Waals surface area contributed by atoms with Gasteiger partial charge in [-0.15, -0.1) is 0 Å². The number of aryl methyl sites for hydroxylation is 2. The van der Waals surface area contributed by atoms with Crippen molar-refractivity contribution in [3.63, 3.8) is 0 Å². The molecule has 0 aliphatic carbocycles. The van der Waals surface area contributed by atoms with Crippen LogP contribution < -0.4 is 10.1 Å². The van der Waals surface area contributed by atoms with E-state index in [0.717, 1.165) is 0 Å². The summed E-state index contributed by atoms with van der Waals surface area (Å²) in [6.07, 6.45) is -1.18. The second-order valence-corrected chi connectivity index (χ2v) is 5.11. The third kappa shape index (κ3) is 4.52. The van der Waals surface area contributed by atoms with E-state index in [1.807, 2.05) is 0 Å². The molecule has 0 fully saturated rings. The largest absolute Gasteiger partial charge is 0.449 e. The van der Waals surface area contributed by atoms with Crippen LogP contribution in [0.5, 0.6) is 5.75 Å². The van der Waals surface area contributed by atoms with Crippen LogP contribution in [0.15, 0.2) is 28.8 Å². The lowest BCUT2D eigenvalue weighted by Gasteiger charge is -2.15. The fourth-order valence-corrected chi connectivity index (χ4v) is 2.05. The molecule has 0 aliphatic rings. The number of amides is 1. The monoisotopic (exact) mass is 354 g/mol. The maximum atomic E-state index is 12.4. The molecular weight excluding hydrogens is 338 g/mol. The van der Waals surface area contributed by atoms with Crippen molar-refractivity contribution in [2.75, 3.05) is 5.32 Å². The second kappa shape index (κ2) is 7.73. The maximum absolute atomic E-state index is 12.4. The van der Waals surface area contributed by atoms with Crippen LogP contribution in [0.1, 0.15) is 28.7 Å². The van der Waals surface area contributed by atoms with Crippen molar-refractivity contribution >= 4 is 17.6 Å². The van der Waals surface area contributed by atoms with Crippen molar-refractivity contribution in [3.8, 4) is 5.75 Å². The zero-order valence-electron chi connectivity index (χ0n) is 13.7. The predicted molar refractivity (Wildman–Crippen MR) is 82.6 cm³/mol. The molecule has 1 N–H and O–H groups in total. The first-order chi connectivity index (χ1) is 11.8. The number of para-hydroxylation sites is 2. The van der Waals surface area contributed by atoms with Gasteiger partial charge in [0, 0.05) is 0 Å². The Morgan fingerprint density at radius 3 is 2.52 bits per heavy atom. The molecule has 25 heavy (non-hydrogen) atoms. The third-order valence-electron chi connectivity index (χ3n) is 3.25. The number of esters is 1. The molecule has 2 aromatic rings. The minimum Gasteiger partial charge on any atom is -0.449 e. The maximum Gasteiger partial charge on any atom is 0.387 e. The summed E-state index contributed by atoms with van der Waals surface area (Å²) in [5.41, 5.74) is 0.514. The number of alkyl halides is 2. The molecular formula is C16H16F2N2O5. The highest BCUT2D eigenvalue weighted by Gasteiger charge is 2.25.